The predicted octanol–water partition coefficient (Wildman–Crippen LogP) is 6.43. The average Bonchev–Trinajstić information content (AvgIpc) is 2.74. The summed E-state index contributed by atoms with van der Waals surface area (Å²) in [6.45, 7) is 2.17. The van der Waals surface area contributed by atoms with Gasteiger partial charge in [0.2, 0.25) is 0 Å². The van der Waals surface area contributed by atoms with Crippen LogP contribution in [0.4, 0.5) is 0 Å². The molecule has 2 nitrogen and oxygen atoms in total. The molecule has 0 aliphatic carbocycles. The van der Waals surface area contributed by atoms with Gasteiger partial charge < -0.3 is 0 Å². The third kappa shape index (κ3) is 2.58. The van der Waals surface area contributed by atoms with Gasteiger partial charge in [0, 0.05) is 34.1 Å². The van der Waals surface area contributed by atoms with Crippen LogP contribution in [0.25, 0.3) is 44.1 Å². The number of hydrogen-bond acceptors (Lipinski definition) is 2. The van der Waals surface area contributed by atoms with Gasteiger partial charge in [-0.2, -0.15) is 0 Å². The number of benzene rings is 3. The van der Waals surface area contributed by atoms with Gasteiger partial charge in [-0.1, -0.05) is 72.8 Å². The van der Waals surface area contributed by atoms with Gasteiger partial charge in [0.1, 0.15) is 0 Å². The van der Waals surface area contributed by atoms with Gasteiger partial charge in [-0.3, -0.25) is 4.98 Å². The minimum Gasteiger partial charge on any atom is -0.264 e. The lowest BCUT2D eigenvalue weighted by molar-refractivity contribution is 1.33. The first kappa shape index (κ1) is 15.7. The number of pyridine rings is 2. The second kappa shape index (κ2) is 6.33. The monoisotopic (exact) mass is 346 g/mol. The normalized spacial score (nSPS) is 11.1. The Morgan fingerprint density at radius 3 is 2.11 bits per heavy atom. The van der Waals surface area contributed by atoms with Gasteiger partial charge in [0.15, 0.2) is 0 Å². The quantitative estimate of drug-likeness (QED) is 0.344. The number of fused-ring (bicyclic) bond motifs is 3. The van der Waals surface area contributed by atoms with Crippen LogP contribution in [0, 0.1) is 6.92 Å². The van der Waals surface area contributed by atoms with Crippen LogP contribution in [-0.4, -0.2) is 9.97 Å². The van der Waals surface area contributed by atoms with Gasteiger partial charge in [-0.15, -0.1) is 0 Å². The molecule has 0 saturated heterocycles. The van der Waals surface area contributed by atoms with E-state index in [2.05, 4.69) is 84.7 Å². The highest BCUT2D eigenvalue weighted by atomic mass is 14.7. The molecule has 0 atom stereocenters. The summed E-state index contributed by atoms with van der Waals surface area (Å²) >= 11 is 0. The summed E-state index contributed by atoms with van der Waals surface area (Å²) in [5.41, 5.74) is 6.86. The highest BCUT2D eigenvalue weighted by Crippen LogP contribution is 2.38. The molecule has 0 unspecified atom stereocenters. The van der Waals surface area contributed by atoms with Crippen LogP contribution in [0.3, 0.4) is 0 Å². The molecule has 0 amide bonds. The van der Waals surface area contributed by atoms with Crippen molar-refractivity contribution in [2.75, 3.05) is 0 Å². The van der Waals surface area contributed by atoms with Crippen LogP contribution in [0.15, 0.2) is 91.3 Å². The van der Waals surface area contributed by atoms with E-state index in [9.17, 15) is 0 Å². The zero-order valence-electron chi connectivity index (χ0n) is 15.1. The summed E-state index contributed by atoms with van der Waals surface area (Å²) in [6, 6.07) is 27.4. The largest absolute Gasteiger partial charge is 0.264 e. The lowest BCUT2D eigenvalue weighted by Gasteiger charge is -2.16. The summed E-state index contributed by atoms with van der Waals surface area (Å²) in [4.78, 5) is 9.40. The summed E-state index contributed by atoms with van der Waals surface area (Å²) in [7, 11) is 0. The second-order valence-electron chi connectivity index (χ2n) is 6.75. The fourth-order valence-electron chi connectivity index (χ4n) is 3.84. The van der Waals surface area contributed by atoms with Crippen molar-refractivity contribution in [1.82, 2.24) is 9.97 Å². The number of hydrogen-bond donors (Lipinski definition) is 0. The summed E-state index contributed by atoms with van der Waals surface area (Å²) < 4.78 is 0. The summed E-state index contributed by atoms with van der Waals surface area (Å²) in [6.07, 6.45) is 3.74. The molecule has 27 heavy (non-hydrogen) atoms. The number of rotatable bonds is 2. The van der Waals surface area contributed by atoms with Crippen molar-refractivity contribution in [1.29, 1.82) is 0 Å². The van der Waals surface area contributed by atoms with E-state index in [4.69, 9.17) is 4.98 Å². The summed E-state index contributed by atoms with van der Waals surface area (Å²) in [5.74, 6) is 0. The van der Waals surface area contributed by atoms with Crippen LogP contribution in [0.5, 0.6) is 0 Å². The zero-order chi connectivity index (χ0) is 18.2. The fraction of sp³-hybridized carbons (Fsp3) is 0.0400. The predicted molar refractivity (Wildman–Crippen MR) is 113 cm³/mol. The minimum absolute atomic E-state index is 1.03. The zero-order valence-corrected chi connectivity index (χ0v) is 15.1. The first-order valence-electron chi connectivity index (χ1n) is 9.11. The average molecular weight is 346 g/mol. The highest BCUT2D eigenvalue weighted by Gasteiger charge is 2.16. The van der Waals surface area contributed by atoms with E-state index in [1.54, 1.807) is 0 Å². The molecule has 0 aliphatic heterocycles. The van der Waals surface area contributed by atoms with Crippen molar-refractivity contribution in [3.63, 3.8) is 0 Å². The van der Waals surface area contributed by atoms with E-state index in [-0.39, 0.29) is 0 Å². The van der Waals surface area contributed by atoms with Crippen molar-refractivity contribution < 1.29 is 0 Å². The van der Waals surface area contributed by atoms with Crippen LogP contribution < -0.4 is 0 Å². The van der Waals surface area contributed by atoms with Crippen molar-refractivity contribution in [3.05, 3.63) is 96.8 Å². The fourth-order valence-corrected chi connectivity index (χ4v) is 3.84. The molecule has 0 bridgehead atoms. The van der Waals surface area contributed by atoms with Crippen LogP contribution in [-0.2, 0) is 0 Å². The first-order valence-corrected chi connectivity index (χ1v) is 9.11. The molecule has 0 saturated carbocycles. The Hall–Kier alpha value is -3.52. The molecule has 0 fully saturated rings. The highest BCUT2D eigenvalue weighted by molar-refractivity contribution is 6.11. The maximum atomic E-state index is 5.13. The smallest absolute Gasteiger partial charge is 0.0795 e. The van der Waals surface area contributed by atoms with Gasteiger partial charge in [0.25, 0.3) is 0 Å². The number of nitrogens with zero attached hydrogens (tertiary/aromatic N) is 2. The minimum atomic E-state index is 1.03. The molecule has 128 valence electrons. The third-order valence-corrected chi connectivity index (χ3v) is 5.12. The van der Waals surface area contributed by atoms with Gasteiger partial charge in [-0.05, 0) is 29.7 Å². The van der Waals surface area contributed by atoms with E-state index in [1.165, 1.54) is 22.1 Å². The Bertz CT molecular complexity index is 1260. The molecule has 2 heteroatoms. The maximum Gasteiger partial charge on any atom is 0.0795 e. The van der Waals surface area contributed by atoms with Gasteiger partial charge in [0.05, 0.1) is 11.2 Å². The van der Waals surface area contributed by atoms with Crippen molar-refractivity contribution in [2.24, 2.45) is 0 Å². The van der Waals surface area contributed by atoms with E-state index < -0.39 is 0 Å². The molecule has 5 aromatic rings. The molecule has 2 aromatic heterocycles. The molecule has 0 radical (unpaired) electrons. The Morgan fingerprint density at radius 2 is 1.37 bits per heavy atom. The Labute approximate surface area is 158 Å². The van der Waals surface area contributed by atoms with Crippen LogP contribution >= 0.6 is 0 Å². The van der Waals surface area contributed by atoms with Crippen LogP contribution in [0.1, 0.15) is 5.56 Å². The van der Waals surface area contributed by atoms with E-state index in [0.29, 0.717) is 0 Å². The topological polar surface area (TPSA) is 25.8 Å². The van der Waals surface area contributed by atoms with Crippen molar-refractivity contribution in [3.8, 4) is 22.4 Å². The van der Waals surface area contributed by atoms with E-state index >= 15 is 0 Å². The Morgan fingerprint density at radius 1 is 0.667 bits per heavy atom. The standard InChI is InChI=1S/C25H18N2/c1-17-23(18-8-4-2-5-9-18)22-13-12-20-16-26-15-14-21(20)25(22)27-24(17)19-10-6-3-7-11-19/h2-16H,1H3. The lowest BCUT2D eigenvalue weighted by atomic mass is 9.91. The Kier molecular flexibility index (Phi) is 3.68. The maximum absolute atomic E-state index is 5.13. The molecular weight excluding hydrogens is 328 g/mol. The van der Waals surface area contributed by atoms with Crippen molar-refractivity contribution >= 4 is 21.7 Å². The number of aromatic nitrogens is 2. The van der Waals surface area contributed by atoms with E-state index in [0.717, 1.165) is 27.5 Å². The van der Waals surface area contributed by atoms with E-state index in [1.807, 2.05) is 18.5 Å². The Balaban J connectivity index is 1.97. The molecular formula is C25H18N2. The molecule has 2 heterocycles. The van der Waals surface area contributed by atoms with Crippen LogP contribution in [0.2, 0.25) is 0 Å². The molecule has 0 aliphatic rings. The molecule has 0 spiro atoms. The molecule has 3 aromatic carbocycles. The molecule has 0 N–H and O–H groups in total. The summed E-state index contributed by atoms with van der Waals surface area (Å²) in [5, 5.41) is 3.42. The SMILES string of the molecule is Cc1c(-c2ccccc2)nc2c(ccc3cnccc32)c1-c1ccccc1. The lowest BCUT2D eigenvalue weighted by Crippen LogP contribution is -1.96. The van der Waals surface area contributed by atoms with Gasteiger partial charge >= 0.3 is 0 Å². The second-order valence-corrected chi connectivity index (χ2v) is 6.75. The first-order chi connectivity index (χ1) is 13.3. The van der Waals surface area contributed by atoms with Gasteiger partial charge in [-0.25, -0.2) is 4.98 Å². The van der Waals surface area contributed by atoms with Crippen molar-refractivity contribution in [2.45, 2.75) is 6.92 Å². The third-order valence-electron chi connectivity index (χ3n) is 5.12. The molecule has 5 rings (SSSR count).